The first-order valence-corrected chi connectivity index (χ1v) is 9.97. The summed E-state index contributed by atoms with van der Waals surface area (Å²) in [4.78, 5) is 62.3. The first-order valence-electron chi connectivity index (χ1n) is 9.97. The number of carbonyl (C=O) groups excluding carboxylic acids is 3. The zero-order valence-corrected chi connectivity index (χ0v) is 17.8. The second kappa shape index (κ2) is 11.6. The Balaban J connectivity index is 2.17. The molecular formula is C19H28N8O5. The highest BCUT2D eigenvalue weighted by atomic mass is 16.4. The van der Waals surface area contributed by atoms with Crippen molar-refractivity contribution in [2.45, 2.75) is 44.8 Å². The SMILES string of the molecule is CC(C)C(N)C(=O)NC(Cc1cnc[nH]1)C(=O)NC(Cc1cnc[nH]1)C(=O)NCC(=O)O. The van der Waals surface area contributed by atoms with Gasteiger partial charge >= 0.3 is 5.97 Å². The fourth-order valence-corrected chi connectivity index (χ4v) is 2.78. The second-order valence-electron chi connectivity index (χ2n) is 7.57. The van der Waals surface area contributed by atoms with E-state index in [-0.39, 0.29) is 18.8 Å². The number of aliphatic carboxylic acids is 1. The maximum Gasteiger partial charge on any atom is 0.322 e. The summed E-state index contributed by atoms with van der Waals surface area (Å²) in [5.74, 6) is -3.22. The number of aromatic nitrogens is 4. The summed E-state index contributed by atoms with van der Waals surface area (Å²) in [5, 5.41) is 16.3. The van der Waals surface area contributed by atoms with E-state index in [1.807, 2.05) is 0 Å². The molecule has 0 saturated heterocycles. The number of nitrogens with zero attached hydrogens (tertiary/aromatic N) is 2. The number of hydrogen-bond acceptors (Lipinski definition) is 7. The molecule has 13 heteroatoms. The van der Waals surface area contributed by atoms with Gasteiger partial charge in [-0.2, -0.15) is 0 Å². The molecular weight excluding hydrogens is 420 g/mol. The number of nitrogens with one attached hydrogen (secondary N) is 5. The second-order valence-corrected chi connectivity index (χ2v) is 7.57. The summed E-state index contributed by atoms with van der Waals surface area (Å²) in [6.07, 6.45) is 5.96. The fourth-order valence-electron chi connectivity index (χ4n) is 2.78. The van der Waals surface area contributed by atoms with E-state index in [0.717, 1.165) is 0 Å². The van der Waals surface area contributed by atoms with Gasteiger partial charge in [0.25, 0.3) is 0 Å². The van der Waals surface area contributed by atoms with E-state index in [0.29, 0.717) is 11.4 Å². The molecule has 0 spiro atoms. The third-order valence-electron chi connectivity index (χ3n) is 4.66. The van der Waals surface area contributed by atoms with Crippen LogP contribution >= 0.6 is 0 Å². The van der Waals surface area contributed by atoms with Gasteiger partial charge in [-0.15, -0.1) is 0 Å². The maximum absolute atomic E-state index is 13.1. The number of nitrogens with two attached hydrogens (primary N) is 1. The molecule has 0 aromatic carbocycles. The van der Waals surface area contributed by atoms with E-state index in [9.17, 15) is 19.2 Å². The monoisotopic (exact) mass is 448 g/mol. The number of carboxylic acids is 1. The van der Waals surface area contributed by atoms with Gasteiger partial charge in [-0.1, -0.05) is 13.8 Å². The van der Waals surface area contributed by atoms with Crippen molar-refractivity contribution >= 4 is 23.7 Å². The van der Waals surface area contributed by atoms with Gasteiger partial charge in [-0.3, -0.25) is 19.2 Å². The van der Waals surface area contributed by atoms with Crippen molar-refractivity contribution in [1.82, 2.24) is 35.9 Å². The Kier molecular flexibility index (Phi) is 8.89. The van der Waals surface area contributed by atoms with Crippen molar-refractivity contribution in [3.05, 3.63) is 36.4 Å². The van der Waals surface area contributed by atoms with Crippen LogP contribution in [0.3, 0.4) is 0 Å². The minimum Gasteiger partial charge on any atom is -0.480 e. The van der Waals surface area contributed by atoms with E-state index in [4.69, 9.17) is 10.8 Å². The van der Waals surface area contributed by atoms with Crippen LogP contribution in [-0.2, 0) is 32.0 Å². The van der Waals surface area contributed by atoms with Crippen molar-refractivity contribution in [2.75, 3.05) is 6.54 Å². The van der Waals surface area contributed by atoms with Crippen LogP contribution in [0.15, 0.2) is 25.0 Å². The molecule has 0 bridgehead atoms. The van der Waals surface area contributed by atoms with Crippen LogP contribution in [0.4, 0.5) is 0 Å². The number of carboxylic acid groups (broad SMARTS) is 1. The highest BCUT2D eigenvalue weighted by Crippen LogP contribution is 2.05. The summed E-state index contributed by atoms with van der Waals surface area (Å²) >= 11 is 0. The summed E-state index contributed by atoms with van der Waals surface area (Å²) < 4.78 is 0. The molecule has 8 N–H and O–H groups in total. The average Bonchev–Trinajstić information content (AvgIpc) is 3.44. The molecule has 0 radical (unpaired) electrons. The molecule has 174 valence electrons. The third-order valence-corrected chi connectivity index (χ3v) is 4.66. The molecule has 2 aromatic heterocycles. The molecule has 0 aliphatic heterocycles. The number of carbonyl (C=O) groups is 4. The number of imidazole rings is 2. The average molecular weight is 448 g/mol. The fraction of sp³-hybridized carbons (Fsp3) is 0.474. The molecule has 2 rings (SSSR count). The largest absolute Gasteiger partial charge is 0.480 e. The Morgan fingerprint density at radius 3 is 1.88 bits per heavy atom. The first kappa shape index (κ1) is 24.5. The smallest absolute Gasteiger partial charge is 0.322 e. The lowest BCUT2D eigenvalue weighted by Gasteiger charge is -2.24. The van der Waals surface area contributed by atoms with Crippen molar-refractivity contribution in [3.8, 4) is 0 Å². The van der Waals surface area contributed by atoms with Gasteiger partial charge in [-0.05, 0) is 5.92 Å². The lowest BCUT2D eigenvalue weighted by atomic mass is 10.0. The first-order chi connectivity index (χ1) is 15.2. The van der Waals surface area contributed by atoms with Crippen LogP contribution in [0, 0.1) is 5.92 Å². The number of aromatic amines is 2. The third kappa shape index (κ3) is 7.50. The quantitative estimate of drug-likeness (QED) is 0.194. The Bertz CT molecular complexity index is 897. The Labute approximate surface area is 184 Å². The zero-order valence-electron chi connectivity index (χ0n) is 17.8. The van der Waals surface area contributed by atoms with Crippen molar-refractivity contribution < 1.29 is 24.3 Å². The van der Waals surface area contributed by atoms with Crippen LogP contribution in [0.1, 0.15) is 25.2 Å². The summed E-state index contributed by atoms with van der Waals surface area (Å²) in [6, 6.07) is -2.99. The van der Waals surface area contributed by atoms with Gasteiger partial charge in [0.1, 0.15) is 18.6 Å². The number of H-pyrrole nitrogens is 2. The van der Waals surface area contributed by atoms with Crippen LogP contribution in [0.25, 0.3) is 0 Å². The zero-order chi connectivity index (χ0) is 23.7. The van der Waals surface area contributed by atoms with Crippen LogP contribution < -0.4 is 21.7 Å². The highest BCUT2D eigenvalue weighted by Gasteiger charge is 2.29. The number of rotatable bonds is 12. The summed E-state index contributed by atoms with van der Waals surface area (Å²) in [7, 11) is 0. The van der Waals surface area contributed by atoms with Crippen LogP contribution in [0.5, 0.6) is 0 Å². The number of hydrogen-bond donors (Lipinski definition) is 7. The van der Waals surface area contributed by atoms with Crippen molar-refractivity contribution in [2.24, 2.45) is 11.7 Å². The maximum atomic E-state index is 13.1. The molecule has 3 amide bonds. The van der Waals surface area contributed by atoms with Gasteiger partial charge in [0, 0.05) is 36.6 Å². The molecule has 32 heavy (non-hydrogen) atoms. The standard InChI is InChI=1S/C19H28N8O5/c1-10(2)16(20)19(32)27-14(4-12-6-22-9-25-12)18(31)26-13(3-11-5-21-8-24-11)17(30)23-7-15(28)29/h5-6,8-10,13-14,16H,3-4,7,20H2,1-2H3,(H,21,24)(H,22,25)(H,23,30)(H,26,31)(H,27,32)(H,28,29). The van der Waals surface area contributed by atoms with Crippen LogP contribution in [0.2, 0.25) is 0 Å². The molecule has 3 unspecified atom stereocenters. The molecule has 0 fully saturated rings. The van der Waals surface area contributed by atoms with Crippen molar-refractivity contribution in [3.63, 3.8) is 0 Å². The lowest BCUT2D eigenvalue weighted by Crippen LogP contribution is -2.57. The van der Waals surface area contributed by atoms with Gasteiger partial charge in [-0.25, -0.2) is 9.97 Å². The summed E-state index contributed by atoms with van der Waals surface area (Å²) in [6.45, 7) is 2.95. The van der Waals surface area contributed by atoms with E-state index in [2.05, 4.69) is 35.9 Å². The Hall–Kier alpha value is -3.74. The molecule has 0 saturated carbocycles. The Morgan fingerprint density at radius 1 is 0.938 bits per heavy atom. The van der Waals surface area contributed by atoms with Gasteiger partial charge in [0.15, 0.2) is 0 Å². The van der Waals surface area contributed by atoms with Crippen LogP contribution in [-0.4, -0.2) is 73.4 Å². The molecule has 2 aromatic rings. The minimum absolute atomic E-state index is 0.0351. The van der Waals surface area contributed by atoms with E-state index < -0.39 is 48.4 Å². The predicted molar refractivity (Wildman–Crippen MR) is 112 cm³/mol. The summed E-state index contributed by atoms with van der Waals surface area (Å²) in [5.41, 5.74) is 7.03. The van der Waals surface area contributed by atoms with E-state index >= 15 is 0 Å². The topological polar surface area (TPSA) is 208 Å². The molecule has 0 aliphatic rings. The number of amides is 3. The molecule has 0 aliphatic carbocycles. The van der Waals surface area contributed by atoms with E-state index in [1.165, 1.54) is 25.0 Å². The van der Waals surface area contributed by atoms with Gasteiger partial charge in [0.2, 0.25) is 17.7 Å². The Morgan fingerprint density at radius 2 is 1.44 bits per heavy atom. The molecule has 3 atom stereocenters. The minimum atomic E-state index is -1.22. The van der Waals surface area contributed by atoms with E-state index in [1.54, 1.807) is 13.8 Å². The normalized spacial score (nSPS) is 13.8. The van der Waals surface area contributed by atoms with Gasteiger partial charge < -0.3 is 36.8 Å². The van der Waals surface area contributed by atoms with Gasteiger partial charge in [0.05, 0.1) is 18.7 Å². The van der Waals surface area contributed by atoms with Crippen molar-refractivity contribution in [1.29, 1.82) is 0 Å². The lowest BCUT2D eigenvalue weighted by molar-refractivity contribution is -0.138. The highest BCUT2D eigenvalue weighted by molar-refractivity contribution is 5.94. The molecule has 13 nitrogen and oxygen atoms in total. The molecule has 2 heterocycles. The predicted octanol–water partition coefficient (Wildman–Crippen LogP) is -1.93.